The Morgan fingerprint density at radius 3 is 2.64 bits per heavy atom. The molecule has 3 rings (SSSR count). The van der Waals surface area contributed by atoms with Crippen molar-refractivity contribution < 1.29 is 9.53 Å². The quantitative estimate of drug-likeness (QED) is 0.624. The molecule has 0 atom stereocenters. The summed E-state index contributed by atoms with van der Waals surface area (Å²) >= 11 is 0. The van der Waals surface area contributed by atoms with Gasteiger partial charge in [0.25, 0.3) is 5.56 Å². The van der Waals surface area contributed by atoms with Crippen molar-refractivity contribution in [2.75, 3.05) is 7.11 Å². The van der Waals surface area contributed by atoms with Gasteiger partial charge in [0.15, 0.2) is 11.2 Å². The monoisotopic (exact) mass is 347 g/mol. The molecule has 0 unspecified atom stereocenters. The van der Waals surface area contributed by atoms with Crippen molar-refractivity contribution in [3.8, 4) is 0 Å². The lowest BCUT2D eigenvalue weighted by Gasteiger charge is -2.06. The van der Waals surface area contributed by atoms with E-state index in [-0.39, 0.29) is 5.52 Å². The third kappa shape index (κ3) is 2.55. The predicted octanol–water partition coefficient (Wildman–Crippen LogP) is 0.431. The summed E-state index contributed by atoms with van der Waals surface area (Å²) in [4.78, 5) is 41.3. The van der Waals surface area contributed by atoms with E-state index >= 15 is 0 Å². The Bertz CT molecular complexity index is 1080. The molecule has 3 heterocycles. The molecule has 25 heavy (non-hydrogen) atoms. The number of hydrogen-bond acceptors (Lipinski definition) is 5. The van der Waals surface area contributed by atoms with E-state index in [9.17, 15) is 14.4 Å². The van der Waals surface area contributed by atoms with Gasteiger partial charge < -0.3 is 9.30 Å². The molecule has 0 N–H and O–H groups in total. The predicted molar refractivity (Wildman–Crippen MR) is 91.9 cm³/mol. The van der Waals surface area contributed by atoms with Crippen LogP contribution in [0.15, 0.2) is 15.8 Å². The number of carbonyl (C=O) groups is 1. The Kier molecular flexibility index (Phi) is 4.23. The summed E-state index contributed by atoms with van der Waals surface area (Å²) in [6.07, 6.45) is 3.85. The van der Waals surface area contributed by atoms with Gasteiger partial charge in [-0.05, 0) is 13.3 Å². The van der Waals surface area contributed by atoms with Crippen LogP contribution in [0.25, 0.3) is 16.9 Å². The molecule has 0 aromatic carbocycles. The van der Waals surface area contributed by atoms with Gasteiger partial charge in [-0.1, -0.05) is 13.3 Å². The highest BCUT2D eigenvalue weighted by Gasteiger charge is 2.21. The smallest absolute Gasteiger partial charge is 0.333 e. The van der Waals surface area contributed by atoms with Gasteiger partial charge in [0.1, 0.15) is 6.54 Å². The number of fused-ring (bicyclic) bond motifs is 3. The third-order valence-electron chi connectivity index (χ3n) is 4.39. The van der Waals surface area contributed by atoms with Gasteiger partial charge in [-0.25, -0.2) is 9.36 Å². The standard InChI is InChI=1S/C16H21N5O4/c1-5-6-7-19-10(2)8-20-12-13(17-15(19)20)18(3)16(24)21(14(12)23)9-11(22)25-4/h8H,5-7,9H2,1-4H3. The van der Waals surface area contributed by atoms with Crippen LogP contribution < -0.4 is 11.2 Å². The van der Waals surface area contributed by atoms with Gasteiger partial charge in [-0.15, -0.1) is 0 Å². The van der Waals surface area contributed by atoms with Crippen LogP contribution in [-0.4, -0.2) is 36.2 Å². The van der Waals surface area contributed by atoms with E-state index in [4.69, 9.17) is 0 Å². The molecule has 3 aromatic heterocycles. The lowest BCUT2D eigenvalue weighted by molar-refractivity contribution is -0.141. The number of aryl methyl sites for hydroxylation is 3. The highest BCUT2D eigenvalue weighted by atomic mass is 16.5. The molecule has 0 aliphatic heterocycles. The van der Waals surface area contributed by atoms with Gasteiger partial charge >= 0.3 is 11.7 Å². The number of nitrogens with zero attached hydrogens (tertiary/aromatic N) is 5. The molecule has 0 fully saturated rings. The van der Waals surface area contributed by atoms with E-state index in [0.29, 0.717) is 11.4 Å². The Labute approximate surface area is 143 Å². The van der Waals surface area contributed by atoms with Gasteiger partial charge in [0.05, 0.1) is 7.11 Å². The van der Waals surface area contributed by atoms with E-state index in [0.717, 1.165) is 29.6 Å². The molecular formula is C16H21N5O4. The molecule has 0 saturated carbocycles. The minimum atomic E-state index is -0.656. The molecule has 0 aliphatic carbocycles. The summed E-state index contributed by atoms with van der Waals surface area (Å²) < 4.78 is 10.5. The molecule has 9 nitrogen and oxygen atoms in total. The maximum absolute atomic E-state index is 12.8. The second kappa shape index (κ2) is 6.23. The van der Waals surface area contributed by atoms with Crippen molar-refractivity contribution in [3.63, 3.8) is 0 Å². The molecule has 0 radical (unpaired) electrons. The Hall–Kier alpha value is -2.84. The number of unbranched alkanes of at least 4 members (excludes halogenated alkanes) is 1. The number of carbonyl (C=O) groups excluding carboxylic acids is 1. The summed E-state index contributed by atoms with van der Waals surface area (Å²) in [6.45, 7) is 4.41. The average Bonchev–Trinajstić information content (AvgIpc) is 3.09. The van der Waals surface area contributed by atoms with Crippen molar-refractivity contribution in [1.82, 2.24) is 23.1 Å². The second-order valence-corrected chi connectivity index (χ2v) is 6.04. The Morgan fingerprint density at radius 1 is 1.28 bits per heavy atom. The largest absolute Gasteiger partial charge is 0.468 e. The molecule has 134 valence electrons. The fourth-order valence-corrected chi connectivity index (χ4v) is 2.98. The number of methoxy groups -OCH3 is 1. The zero-order valence-corrected chi connectivity index (χ0v) is 14.8. The molecule has 0 bridgehead atoms. The van der Waals surface area contributed by atoms with Crippen LogP contribution in [0.5, 0.6) is 0 Å². The van der Waals surface area contributed by atoms with Crippen LogP contribution in [0.4, 0.5) is 0 Å². The van der Waals surface area contributed by atoms with E-state index in [1.165, 1.54) is 18.7 Å². The summed E-state index contributed by atoms with van der Waals surface area (Å²) in [5, 5.41) is 0. The van der Waals surface area contributed by atoms with Crippen molar-refractivity contribution in [3.05, 3.63) is 32.7 Å². The summed E-state index contributed by atoms with van der Waals surface area (Å²) in [5.41, 5.74) is 0.408. The van der Waals surface area contributed by atoms with Crippen LogP contribution in [0.2, 0.25) is 0 Å². The zero-order chi connectivity index (χ0) is 18.3. The first-order valence-corrected chi connectivity index (χ1v) is 8.15. The minimum absolute atomic E-state index is 0.277. The van der Waals surface area contributed by atoms with Gasteiger partial charge in [0, 0.05) is 25.5 Å². The third-order valence-corrected chi connectivity index (χ3v) is 4.39. The molecule has 9 heteroatoms. The van der Waals surface area contributed by atoms with Crippen molar-refractivity contribution in [2.24, 2.45) is 7.05 Å². The number of rotatable bonds is 5. The minimum Gasteiger partial charge on any atom is -0.468 e. The molecule has 0 amide bonds. The fourth-order valence-electron chi connectivity index (χ4n) is 2.98. The van der Waals surface area contributed by atoms with Gasteiger partial charge in [0.2, 0.25) is 5.78 Å². The highest BCUT2D eigenvalue weighted by molar-refractivity contribution is 5.76. The van der Waals surface area contributed by atoms with Crippen molar-refractivity contribution >= 4 is 22.9 Å². The first-order valence-electron chi connectivity index (χ1n) is 8.15. The summed E-state index contributed by atoms with van der Waals surface area (Å²) in [6, 6.07) is 0. The molecule has 3 aromatic rings. The number of ether oxygens (including phenoxy) is 1. The van der Waals surface area contributed by atoms with E-state index < -0.39 is 23.8 Å². The molecule has 0 aliphatic rings. The number of imidazole rings is 2. The average molecular weight is 347 g/mol. The van der Waals surface area contributed by atoms with Crippen molar-refractivity contribution in [1.29, 1.82) is 0 Å². The van der Waals surface area contributed by atoms with Gasteiger partial charge in [-0.3, -0.25) is 18.6 Å². The van der Waals surface area contributed by atoms with E-state index in [2.05, 4.69) is 16.6 Å². The molecular weight excluding hydrogens is 326 g/mol. The zero-order valence-electron chi connectivity index (χ0n) is 14.8. The second-order valence-electron chi connectivity index (χ2n) is 6.04. The summed E-state index contributed by atoms with van der Waals surface area (Å²) in [7, 11) is 2.75. The number of hydrogen-bond donors (Lipinski definition) is 0. The first-order chi connectivity index (χ1) is 11.9. The van der Waals surface area contributed by atoms with Crippen LogP contribution in [0.1, 0.15) is 25.5 Å². The number of aromatic nitrogens is 5. The van der Waals surface area contributed by atoms with Crippen molar-refractivity contribution in [2.45, 2.75) is 39.8 Å². The molecule has 0 saturated heterocycles. The normalized spacial score (nSPS) is 11.5. The number of esters is 1. The highest BCUT2D eigenvalue weighted by Crippen LogP contribution is 2.16. The van der Waals surface area contributed by atoms with E-state index in [1.807, 2.05) is 17.7 Å². The van der Waals surface area contributed by atoms with Gasteiger partial charge in [-0.2, -0.15) is 4.98 Å². The SMILES string of the molecule is CCCCn1c(C)cn2c3c(=O)n(CC(=O)OC)c(=O)n(C)c3nc12. The van der Waals surface area contributed by atoms with Crippen LogP contribution in [-0.2, 0) is 29.7 Å². The topological polar surface area (TPSA) is 92.5 Å². The van der Waals surface area contributed by atoms with Crippen LogP contribution >= 0.6 is 0 Å². The fraction of sp³-hybridized carbons (Fsp3) is 0.500. The maximum Gasteiger partial charge on any atom is 0.333 e. The maximum atomic E-state index is 12.8. The lowest BCUT2D eigenvalue weighted by atomic mass is 10.3. The van der Waals surface area contributed by atoms with Crippen LogP contribution in [0.3, 0.4) is 0 Å². The summed E-state index contributed by atoms with van der Waals surface area (Å²) in [5.74, 6) is -0.0418. The Balaban J connectivity index is 2.34. The Morgan fingerprint density at radius 2 is 2.00 bits per heavy atom. The van der Waals surface area contributed by atoms with E-state index in [1.54, 1.807) is 4.40 Å². The lowest BCUT2D eigenvalue weighted by Crippen LogP contribution is -2.41. The first kappa shape index (κ1) is 17.0. The van der Waals surface area contributed by atoms with Crippen LogP contribution in [0, 0.1) is 6.92 Å². The molecule has 0 spiro atoms.